The Morgan fingerprint density at radius 2 is 2.14 bits per heavy atom. The highest BCUT2D eigenvalue weighted by molar-refractivity contribution is 9.10. The average Bonchev–Trinajstić information content (AvgIpc) is 2.89. The molecular weight excluding hydrogens is 388 g/mol. The molecular formula is C14H10BrClN4OS. The number of nitrogens with one attached hydrogen (secondary N) is 1. The van der Waals surface area contributed by atoms with Crippen molar-refractivity contribution < 1.29 is 4.74 Å². The Balaban J connectivity index is 2.27. The molecule has 22 heavy (non-hydrogen) atoms. The summed E-state index contributed by atoms with van der Waals surface area (Å²) in [6.45, 7) is 0. The fourth-order valence-corrected chi connectivity index (χ4v) is 2.85. The van der Waals surface area contributed by atoms with Crippen molar-refractivity contribution in [3.05, 3.63) is 50.9 Å². The van der Waals surface area contributed by atoms with Crippen LogP contribution >= 0.6 is 39.7 Å². The lowest BCUT2D eigenvalue weighted by Gasteiger charge is -2.12. The second-order valence-electron chi connectivity index (χ2n) is 4.40. The normalized spacial score (nSPS) is 10.7. The molecule has 3 rings (SSSR count). The summed E-state index contributed by atoms with van der Waals surface area (Å²) in [5, 5.41) is 7.67. The van der Waals surface area contributed by atoms with Gasteiger partial charge in [0.05, 0.1) is 12.8 Å². The number of rotatable bonds is 3. The van der Waals surface area contributed by atoms with Crippen molar-refractivity contribution in [2.45, 2.75) is 0 Å². The molecule has 1 N–H and O–H groups in total. The molecule has 0 radical (unpaired) electrons. The summed E-state index contributed by atoms with van der Waals surface area (Å²) in [6.07, 6.45) is 3.41. The number of nitrogens with zero attached hydrogens (tertiary/aromatic N) is 3. The highest BCUT2D eigenvalue weighted by Gasteiger charge is 2.15. The van der Waals surface area contributed by atoms with Crippen LogP contribution in [0.15, 0.2) is 41.1 Å². The summed E-state index contributed by atoms with van der Waals surface area (Å²) >= 11 is 14.9. The van der Waals surface area contributed by atoms with Gasteiger partial charge in [-0.25, -0.2) is 0 Å². The maximum absolute atomic E-state index is 6.11. The molecule has 0 saturated carbocycles. The van der Waals surface area contributed by atoms with E-state index in [2.05, 4.69) is 31.1 Å². The van der Waals surface area contributed by atoms with Gasteiger partial charge in [0.1, 0.15) is 5.75 Å². The Morgan fingerprint density at radius 3 is 2.86 bits per heavy atom. The number of H-pyrrole nitrogens is 1. The van der Waals surface area contributed by atoms with Crippen LogP contribution in [0.3, 0.4) is 0 Å². The van der Waals surface area contributed by atoms with Gasteiger partial charge >= 0.3 is 0 Å². The molecule has 0 atom stereocenters. The summed E-state index contributed by atoms with van der Waals surface area (Å²) in [6, 6.07) is 7.23. The van der Waals surface area contributed by atoms with Gasteiger partial charge in [0.25, 0.3) is 0 Å². The van der Waals surface area contributed by atoms with E-state index in [1.807, 2.05) is 6.07 Å². The van der Waals surface area contributed by atoms with Crippen molar-refractivity contribution >= 4 is 39.7 Å². The van der Waals surface area contributed by atoms with Crippen molar-refractivity contribution in [1.29, 1.82) is 0 Å². The Kier molecular flexibility index (Phi) is 4.28. The van der Waals surface area contributed by atoms with Crippen molar-refractivity contribution in [2.24, 2.45) is 0 Å². The van der Waals surface area contributed by atoms with E-state index in [1.165, 1.54) is 0 Å². The summed E-state index contributed by atoms with van der Waals surface area (Å²) in [4.78, 5) is 4.16. The zero-order chi connectivity index (χ0) is 15.7. The van der Waals surface area contributed by atoms with Crippen LogP contribution in [0.4, 0.5) is 0 Å². The number of pyridine rings is 1. The van der Waals surface area contributed by atoms with E-state index in [-0.39, 0.29) is 0 Å². The van der Waals surface area contributed by atoms with Gasteiger partial charge in [-0.1, -0.05) is 11.6 Å². The van der Waals surface area contributed by atoms with Gasteiger partial charge in [0.15, 0.2) is 10.6 Å². The molecule has 0 bridgehead atoms. The summed E-state index contributed by atoms with van der Waals surface area (Å²) in [7, 11) is 1.59. The van der Waals surface area contributed by atoms with Crippen LogP contribution in [0.25, 0.3) is 17.1 Å². The second kappa shape index (κ2) is 6.20. The Hall–Kier alpha value is -1.70. The highest BCUT2D eigenvalue weighted by Crippen LogP contribution is 2.30. The summed E-state index contributed by atoms with van der Waals surface area (Å²) in [5.41, 5.74) is 1.52. The first kappa shape index (κ1) is 15.2. The summed E-state index contributed by atoms with van der Waals surface area (Å²) in [5.74, 6) is 1.27. The van der Waals surface area contributed by atoms with Crippen LogP contribution in [0.5, 0.6) is 5.75 Å². The third-order valence-electron chi connectivity index (χ3n) is 3.02. The largest absolute Gasteiger partial charge is 0.495 e. The fraction of sp³-hybridized carbons (Fsp3) is 0.0714. The quantitative estimate of drug-likeness (QED) is 0.665. The van der Waals surface area contributed by atoms with Crippen molar-refractivity contribution in [3.63, 3.8) is 0 Å². The van der Waals surface area contributed by atoms with Crippen LogP contribution in [-0.4, -0.2) is 26.9 Å². The number of halogens is 2. The molecule has 0 spiro atoms. The van der Waals surface area contributed by atoms with Crippen LogP contribution in [0, 0.1) is 4.77 Å². The van der Waals surface area contributed by atoms with Gasteiger partial charge in [0.2, 0.25) is 0 Å². The average molecular weight is 398 g/mol. The molecule has 0 unspecified atom stereocenters. The molecule has 0 amide bonds. The van der Waals surface area contributed by atoms with Gasteiger partial charge in [-0.2, -0.15) is 5.10 Å². The lowest BCUT2D eigenvalue weighted by atomic mass is 10.2. The molecule has 0 saturated heterocycles. The zero-order valence-electron chi connectivity index (χ0n) is 11.4. The number of benzene rings is 1. The van der Waals surface area contributed by atoms with E-state index in [9.17, 15) is 0 Å². The fourth-order valence-electron chi connectivity index (χ4n) is 2.09. The van der Waals surface area contributed by atoms with Gasteiger partial charge in [0, 0.05) is 27.5 Å². The molecule has 0 aliphatic rings. The van der Waals surface area contributed by atoms with Gasteiger partial charge < -0.3 is 4.74 Å². The van der Waals surface area contributed by atoms with E-state index in [0.29, 0.717) is 27.1 Å². The minimum absolute atomic E-state index is 0.440. The van der Waals surface area contributed by atoms with Crippen LogP contribution in [-0.2, 0) is 0 Å². The molecule has 8 heteroatoms. The Morgan fingerprint density at radius 1 is 1.32 bits per heavy atom. The van der Waals surface area contributed by atoms with Gasteiger partial charge in [-0.15, -0.1) is 0 Å². The van der Waals surface area contributed by atoms with E-state index in [4.69, 9.17) is 28.6 Å². The standard InChI is InChI=1S/C14H10BrClN4OS/c1-21-12-3-2-10(16)5-11(12)20-13(18-19-14(20)22)8-4-9(15)7-17-6-8/h2-7H,1H3,(H,19,22). The van der Waals surface area contributed by atoms with E-state index in [1.54, 1.807) is 42.3 Å². The molecule has 112 valence electrons. The molecule has 3 aromatic rings. The maximum atomic E-state index is 6.11. The minimum Gasteiger partial charge on any atom is -0.495 e. The molecule has 2 heterocycles. The number of aromatic amines is 1. The summed E-state index contributed by atoms with van der Waals surface area (Å²) < 4.78 is 8.46. The van der Waals surface area contributed by atoms with Crippen LogP contribution in [0.2, 0.25) is 5.02 Å². The Bertz CT molecular complexity index is 893. The second-order valence-corrected chi connectivity index (χ2v) is 6.13. The van der Waals surface area contributed by atoms with E-state index < -0.39 is 0 Å². The molecule has 0 aliphatic heterocycles. The number of methoxy groups -OCH3 is 1. The Labute approximate surface area is 145 Å². The lowest BCUT2D eigenvalue weighted by molar-refractivity contribution is 0.413. The first-order chi connectivity index (χ1) is 10.6. The molecule has 0 fully saturated rings. The monoisotopic (exact) mass is 396 g/mol. The SMILES string of the molecule is COc1ccc(Cl)cc1-n1c(-c2cncc(Br)c2)n[nH]c1=S. The predicted octanol–water partition coefficient (Wildman–Crippen LogP) is 4.42. The predicted molar refractivity (Wildman–Crippen MR) is 91.2 cm³/mol. The number of hydrogen-bond acceptors (Lipinski definition) is 4. The van der Waals surface area contributed by atoms with Gasteiger partial charge in [-0.3, -0.25) is 14.6 Å². The van der Waals surface area contributed by atoms with Crippen LogP contribution in [0.1, 0.15) is 0 Å². The zero-order valence-corrected chi connectivity index (χ0v) is 14.5. The van der Waals surface area contributed by atoms with E-state index >= 15 is 0 Å². The highest BCUT2D eigenvalue weighted by atomic mass is 79.9. The maximum Gasteiger partial charge on any atom is 0.200 e. The third kappa shape index (κ3) is 2.79. The molecule has 2 aromatic heterocycles. The first-order valence-corrected chi connectivity index (χ1v) is 7.80. The number of ether oxygens (including phenoxy) is 1. The first-order valence-electron chi connectivity index (χ1n) is 6.22. The molecule has 1 aromatic carbocycles. The van der Waals surface area contributed by atoms with Gasteiger partial charge in [-0.05, 0) is 52.4 Å². The lowest BCUT2D eigenvalue weighted by Crippen LogP contribution is -2.01. The van der Waals surface area contributed by atoms with Crippen molar-refractivity contribution in [3.8, 4) is 22.8 Å². The number of hydrogen-bond donors (Lipinski definition) is 1. The van der Waals surface area contributed by atoms with E-state index in [0.717, 1.165) is 10.0 Å². The smallest absolute Gasteiger partial charge is 0.200 e. The topological polar surface area (TPSA) is 55.7 Å². The van der Waals surface area contributed by atoms with Crippen molar-refractivity contribution in [2.75, 3.05) is 7.11 Å². The van der Waals surface area contributed by atoms with Crippen molar-refractivity contribution in [1.82, 2.24) is 19.7 Å². The molecule has 0 aliphatic carbocycles. The van der Waals surface area contributed by atoms with Crippen LogP contribution < -0.4 is 4.74 Å². The third-order valence-corrected chi connectivity index (χ3v) is 3.96. The molecule has 5 nitrogen and oxygen atoms in total. The number of aromatic nitrogens is 4. The minimum atomic E-state index is 0.440.